The molecule has 5 nitrogen and oxygen atoms in total. The minimum atomic E-state index is -0.190. The van der Waals surface area contributed by atoms with Gasteiger partial charge in [-0.05, 0) is 37.1 Å². The maximum absolute atomic E-state index is 12.8. The summed E-state index contributed by atoms with van der Waals surface area (Å²) in [6.45, 7) is 5.31. The standard InChI is InChI=1S/C23H23N3O2S/c1-15-7-6-8-16(2)21(15)25-22(27)18-14-29-23(24-18)20-13-17-9-4-5-10-19(17)26(20)11-12-28-3/h4-10,13-14H,11-12H2,1-3H3,(H,25,27). The van der Waals surface area contributed by atoms with E-state index in [2.05, 4.69) is 33.1 Å². The van der Waals surface area contributed by atoms with Crippen LogP contribution in [-0.4, -0.2) is 29.2 Å². The molecule has 0 radical (unpaired) electrons. The Bertz CT molecular complexity index is 1160. The topological polar surface area (TPSA) is 56.2 Å². The molecule has 1 N–H and O–H groups in total. The number of hydrogen-bond acceptors (Lipinski definition) is 4. The van der Waals surface area contributed by atoms with Gasteiger partial charge in [-0.2, -0.15) is 0 Å². The zero-order valence-electron chi connectivity index (χ0n) is 16.7. The number of aromatic nitrogens is 2. The molecule has 29 heavy (non-hydrogen) atoms. The van der Waals surface area contributed by atoms with E-state index in [9.17, 15) is 4.79 Å². The maximum Gasteiger partial charge on any atom is 0.275 e. The predicted molar refractivity (Wildman–Crippen MR) is 119 cm³/mol. The lowest BCUT2D eigenvalue weighted by Gasteiger charge is -2.10. The number of hydrogen-bond donors (Lipinski definition) is 1. The Morgan fingerprint density at radius 1 is 1.14 bits per heavy atom. The first-order valence-electron chi connectivity index (χ1n) is 9.49. The van der Waals surface area contributed by atoms with Crippen LogP contribution in [0.15, 0.2) is 53.9 Å². The number of methoxy groups -OCH3 is 1. The van der Waals surface area contributed by atoms with Crippen LogP contribution in [0.2, 0.25) is 0 Å². The molecule has 4 aromatic rings. The summed E-state index contributed by atoms with van der Waals surface area (Å²) in [6, 6.07) is 16.3. The lowest BCUT2D eigenvalue weighted by molar-refractivity contribution is 0.102. The summed E-state index contributed by atoms with van der Waals surface area (Å²) in [5, 5.41) is 6.80. The number of carbonyl (C=O) groups is 1. The van der Waals surface area contributed by atoms with Crippen molar-refractivity contribution in [2.75, 3.05) is 19.0 Å². The van der Waals surface area contributed by atoms with Crippen LogP contribution in [0.25, 0.3) is 21.6 Å². The van der Waals surface area contributed by atoms with Crippen LogP contribution in [0, 0.1) is 13.8 Å². The Morgan fingerprint density at radius 2 is 1.90 bits per heavy atom. The number of ether oxygens (including phenoxy) is 1. The molecule has 0 bridgehead atoms. The molecule has 0 fully saturated rings. The molecule has 0 atom stereocenters. The smallest absolute Gasteiger partial charge is 0.275 e. The van der Waals surface area contributed by atoms with Crippen molar-refractivity contribution < 1.29 is 9.53 Å². The fourth-order valence-electron chi connectivity index (χ4n) is 3.50. The second kappa shape index (κ2) is 8.19. The van der Waals surface area contributed by atoms with Crippen molar-refractivity contribution in [2.45, 2.75) is 20.4 Å². The Hall–Kier alpha value is -2.96. The number of benzene rings is 2. The highest BCUT2D eigenvalue weighted by Gasteiger charge is 2.17. The lowest BCUT2D eigenvalue weighted by Crippen LogP contribution is -2.14. The molecule has 0 aliphatic rings. The summed E-state index contributed by atoms with van der Waals surface area (Å²) in [4.78, 5) is 17.4. The zero-order valence-corrected chi connectivity index (χ0v) is 17.5. The average Bonchev–Trinajstić information content (AvgIpc) is 3.34. The van der Waals surface area contributed by atoms with E-state index >= 15 is 0 Å². The van der Waals surface area contributed by atoms with Crippen molar-refractivity contribution in [3.05, 3.63) is 70.7 Å². The van der Waals surface area contributed by atoms with Gasteiger partial charge in [-0.1, -0.05) is 36.4 Å². The minimum absolute atomic E-state index is 0.190. The third kappa shape index (κ3) is 3.81. The second-order valence-corrected chi connectivity index (χ2v) is 7.85. The fraction of sp³-hybridized carbons (Fsp3) is 0.217. The SMILES string of the molecule is COCCn1c(-c2nc(C(=O)Nc3c(C)cccc3C)cs2)cc2ccccc21. The van der Waals surface area contributed by atoms with E-state index in [1.807, 2.05) is 49.6 Å². The van der Waals surface area contributed by atoms with Gasteiger partial charge in [0.1, 0.15) is 10.7 Å². The van der Waals surface area contributed by atoms with Crippen LogP contribution in [0.4, 0.5) is 5.69 Å². The average molecular weight is 406 g/mol. The molecule has 4 rings (SSSR count). The van der Waals surface area contributed by atoms with Gasteiger partial charge >= 0.3 is 0 Å². The molecule has 0 aliphatic carbocycles. The van der Waals surface area contributed by atoms with Crippen molar-refractivity contribution in [3.8, 4) is 10.7 Å². The van der Waals surface area contributed by atoms with Gasteiger partial charge in [0.05, 0.1) is 12.3 Å². The number of aryl methyl sites for hydroxylation is 2. The van der Waals surface area contributed by atoms with Gasteiger partial charge in [-0.15, -0.1) is 11.3 Å². The van der Waals surface area contributed by atoms with E-state index in [-0.39, 0.29) is 5.91 Å². The second-order valence-electron chi connectivity index (χ2n) is 6.99. The molecule has 0 saturated carbocycles. The third-order valence-corrected chi connectivity index (χ3v) is 5.87. The van der Waals surface area contributed by atoms with Gasteiger partial charge in [0.25, 0.3) is 5.91 Å². The van der Waals surface area contributed by atoms with E-state index in [1.54, 1.807) is 7.11 Å². The van der Waals surface area contributed by atoms with Crippen LogP contribution in [0.5, 0.6) is 0 Å². The van der Waals surface area contributed by atoms with Crippen LogP contribution in [-0.2, 0) is 11.3 Å². The zero-order chi connectivity index (χ0) is 20.4. The highest BCUT2D eigenvalue weighted by atomic mass is 32.1. The normalized spacial score (nSPS) is 11.1. The number of rotatable bonds is 6. The van der Waals surface area contributed by atoms with Crippen molar-refractivity contribution in [1.82, 2.24) is 9.55 Å². The largest absolute Gasteiger partial charge is 0.383 e. The van der Waals surface area contributed by atoms with Gasteiger partial charge in [0, 0.05) is 35.6 Å². The summed E-state index contributed by atoms with van der Waals surface area (Å²) < 4.78 is 7.48. The molecule has 0 unspecified atom stereocenters. The predicted octanol–water partition coefficient (Wildman–Crippen LogP) is 5.28. The Kier molecular flexibility index (Phi) is 5.47. The van der Waals surface area contributed by atoms with Gasteiger partial charge in [0.2, 0.25) is 0 Å². The molecule has 2 heterocycles. The quantitative estimate of drug-likeness (QED) is 0.475. The molecular formula is C23H23N3O2S. The number of carbonyl (C=O) groups excluding carboxylic acids is 1. The van der Waals surface area contributed by atoms with Gasteiger partial charge in [0.15, 0.2) is 0 Å². The van der Waals surface area contributed by atoms with Crippen molar-refractivity contribution in [3.63, 3.8) is 0 Å². The van der Waals surface area contributed by atoms with E-state index in [4.69, 9.17) is 4.74 Å². The number of thiazole rings is 1. The number of para-hydroxylation sites is 2. The van der Waals surface area contributed by atoms with Crippen molar-refractivity contribution in [2.24, 2.45) is 0 Å². The van der Waals surface area contributed by atoms with E-state index in [0.717, 1.165) is 45.0 Å². The molecular weight excluding hydrogens is 382 g/mol. The highest BCUT2D eigenvalue weighted by Crippen LogP contribution is 2.31. The summed E-state index contributed by atoms with van der Waals surface area (Å²) in [5.41, 5.74) is 5.48. The number of fused-ring (bicyclic) bond motifs is 1. The number of amides is 1. The van der Waals surface area contributed by atoms with Crippen LogP contribution in [0.1, 0.15) is 21.6 Å². The molecule has 6 heteroatoms. The summed E-state index contributed by atoms with van der Waals surface area (Å²) in [6.07, 6.45) is 0. The van der Waals surface area contributed by atoms with E-state index in [1.165, 1.54) is 11.3 Å². The Balaban J connectivity index is 1.66. The molecule has 1 amide bonds. The Labute approximate surface area is 174 Å². The first-order chi connectivity index (χ1) is 14.1. The fourth-order valence-corrected chi connectivity index (χ4v) is 4.32. The molecule has 0 saturated heterocycles. The first-order valence-corrected chi connectivity index (χ1v) is 10.4. The monoisotopic (exact) mass is 405 g/mol. The van der Waals surface area contributed by atoms with Gasteiger partial charge in [-0.3, -0.25) is 4.79 Å². The molecule has 0 spiro atoms. The lowest BCUT2D eigenvalue weighted by atomic mass is 10.1. The minimum Gasteiger partial charge on any atom is -0.383 e. The van der Waals surface area contributed by atoms with Crippen LogP contribution in [0.3, 0.4) is 0 Å². The van der Waals surface area contributed by atoms with Crippen LogP contribution >= 0.6 is 11.3 Å². The first kappa shape index (κ1) is 19.4. The van der Waals surface area contributed by atoms with E-state index < -0.39 is 0 Å². The summed E-state index contributed by atoms with van der Waals surface area (Å²) in [5.74, 6) is -0.190. The van der Waals surface area contributed by atoms with Crippen molar-refractivity contribution in [1.29, 1.82) is 0 Å². The Morgan fingerprint density at radius 3 is 2.66 bits per heavy atom. The molecule has 2 aromatic carbocycles. The number of anilines is 1. The molecule has 2 aromatic heterocycles. The van der Waals surface area contributed by atoms with Gasteiger partial charge in [-0.25, -0.2) is 4.98 Å². The summed E-state index contributed by atoms with van der Waals surface area (Å²) in [7, 11) is 1.70. The number of nitrogens with one attached hydrogen (secondary N) is 1. The molecule has 0 aliphatic heterocycles. The van der Waals surface area contributed by atoms with Gasteiger partial charge < -0.3 is 14.6 Å². The molecule has 148 valence electrons. The van der Waals surface area contributed by atoms with Crippen LogP contribution < -0.4 is 5.32 Å². The third-order valence-electron chi connectivity index (χ3n) is 5.01. The maximum atomic E-state index is 12.8. The van der Waals surface area contributed by atoms with Crippen molar-refractivity contribution >= 4 is 33.8 Å². The highest BCUT2D eigenvalue weighted by molar-refractivity contribution is 7.13. The van der Waals surface area contributed by atoms with E-state index in [0.29, 0.717) is 12.3 Å². The summed E-state index contributed by atoms with van der Waals surface area (Å²) >= 11 is 1.48. The number of nitrogens with zero attached hydrogens (tertiary/aromatic N) is 2.